The first-order chi connectivity index (χ1) is 12.1. The predicted octanol–water partition coefficient (Wildman–Crippen LogP) is 2.35. The molecule has 0 saturated heterocycles. The largest absolute Gasteiger partial charge is 0.349 e. The average Bonchev–Trinajstić information content (AvgIpc) is 2.81. The normalized spacial score (nSPS) is 13.2. The van der Waals surface area contributed by atoms with E-state index in [9.17, 15) is 4.79 Å². The van der Waals surface area contributed by atoms with Crippen LogP contribution in [0.4, 0.5) is 0 Å². The average molecular weight is 395 g/mol. The Hall–Kier alpha value is -1.99. The molecule has 1 amide bonds. The fourth-order valence-electron chi connectivity index (χ4n) is 2.88. The smallest absolute Gasteiger partial charge is 0.251 e. The number of nitrogens with two attached hydrogens (primary N) is 1. The molecule has 0 spiro atoms. The summed E-state index contributed by atoms with van der Waals surface area (Å²) in [5, 5.41) is 7.63. The molecule has 8 heteroatoms. The van der Waals surface area contributed by atoms with Gasteiger partial charge >= 0.3 is 0 Å². The summed E-state index contributed by atoms with van der Waals surface area (Å²) < 4.78 is 1.71. The highest BCUT2D eigenvalue weighted by molar-refractivity contribution is 5.85. The van der Waals surface area contributed by atoms with E-state index in [-0.39, 0.29) is 30.7 Å². The molecular formula is C19H31ClN6O. The zero-order chi connectivity index (χ0) is 19.6. The summed E-state index contributed by atoms with van der Waals surface area (Å²) in [5.41, 5.74) is 9.79. The molecule has 0 aromatic carbocycles. The number of hydrogen-bond donors (Lipinski definition) is 2. The number of nitrogens with zero attached hydrogens (tertiary/aromatic N) is 4. The number of halogens is 1. The Morgan fingerprint density at radius 2 is 1.78 bits per heavy atom. The van der Waals surface area contributed by atoms with Crippen LogP contribution in [0.15, 0.2) is 6.07 Å². The SMILES string of the molecule is Cc1cc(C)nc(-n2nc(C)c(CC(=O)NC(C)(CN)C(C)C)c2C)n1.Cl. The highest BCUT2D eigenvalue weighted by Gasteiger charge is 2.29. The first-order valence-electron chi connectivity index (χ1n) is 8.96. The predicted molar refractivity (Wildman–Crippen MR) is 109 cm³/mol. The van der Waals surface area contributed by atoms with E-state index in [1.807, 2.05) is 40.7 Å². The van der Waals surface area contributed by atoms with Gasteiger partial charge < -0.3 is 11.1 Å². The number of aryl methyl sites for hydroxylation is 3. The number of nitrogens with one attached hydrogen (secondary N) is 1. The van der Waals surface area contributed by atoms with Gasteiger partial charge in [-0.1, -0.05) is 13.8 Å². The fraction of sp³-hybridized carbons (Fsp3) is 0.579. The van der Waals surface area contributed by atoms with Gasteiger partial charge in [-0.3, -0.25) is 4.79 Å². The van der Waals surface area contributed by atoms with E-state index < -0.39 is 5.54 Å². The highest BCUT2D eigenvalue weighted by Crippen LogP contribution is 2.19. The Kier molecular flexibility index (Phi) is 7.51. The van der Waals surface area contributed by atoms with Crippen molar-refractivity contribution in [3.05, 3.63) is 34.4 Å². The van der Waals surface area contributed by atoms with Crippen molar-refractivity contribution in [3.8, 4) is 5.95 Å². The lowest BCUT2D eigenvalue weighted by Crippen LogP contribution is -2.55. The Morgan fingerprint density at radius 1 is 1.22 bits per heavy atom. The van der Waals surface area contributed by atoms with Crippen LogP contribution in [0.2, 0.25) is 0 Å². The van der Waals surface area contributed by atoms with Gasteiger partial charge in [-0.25, -0.2) is 14.6 Å². The van der Waals surface area contributed by atoms with Gasteiger partial charge in [0.25, 0.3) is 5.95 Å². The summed E-state index contributed by atoms with van der Waals surface area (Å²) in [6.07, 6.45) is 0.255. The molecule has 150 valence electrons. The summed E-state index contributed by atoms with van der Waals surface area (Å²) >= 11 is 0. The summed E-state index contributed by atoms with van der Waals surface area (Å²) in [6.45, 7) is 14.2. The van der Waals surface area contributed by atoms with Crippen LogP contribution in [0.1, 0.15) is 49.1 Å². The molecule has 2 heterocycles. The van der Waals surface area contributed by atoms with E-state index >= 15 is 0 Å². The number of amides is 1. The lowest BCUT2D eigenvalue weighted by molar-refractivity contribution is -0.122. The highest BCUT2D eigenvalue weighted by atomic mass is 35.5. The second-order valence-corrected chi connectivity index (χ2v) is 7.51. The van der Waals surface area contributed by atoms with Crippen LogP contribution in [-0.2, 0) is 11.2 Å². The second-order valence-electron chi connectivity index (χ2n) is 7.51. The summed E-state index contributed by atoms with van der Waals surface area (Å²) in [7, 11) is 0. The third kappa shape index (κ3) is 5.05. The molecule has 2 aromatic heterocycles. The molecule has 0 aliphatic rings. The third-order valence-electron chi connectivity index (χ3n) is 5.06. The van der Waals surface area contributed by atoms with Crippen LogP contribution in [-0.4, -0.2) is 37.7 Å². The molecule has 2 rings (SSSR count). The van der Waals surface area contributed by atoms with Crippen LogP contribution in [0.25, 0.3) is 5.95 Å². The van der Waals surface area contributed by atoms with Gasteiger partial charge in [-0.05, 0) is 46.6 Å². The number of carbonyl (C=O) groups excluding carboxylic acids is 1. The van der Waals surface area contributed by atoms with Gasteiger partial charge in [0.05, 0.1) is 17.7 Å². The van der Waals surface area contributed by atoms with E-state index in [1.165, 1.54) is 0 Å². The fourth-order valence-corrected chi connectivity index (χ4v) is 2.88. The minimum absolute atomic E-state index is 0. The van der Waals surface area contributed by atoms with Crippen molar-refractivity contribution >= 4 is 18.3 Å². The molecule has 2 aromatic rings. The zero-order valence-electron chi connectivity index (χ0n) is 17.3. The van der Waals surface area contributed by atoms with Crippen LogP contribution in [0, 0.1) is 33.6 Å². The molecule has 0 aliphatic carbocycles. The molecule has 3 N–H and O–H groups in total. The molecular weight excluding hydrogens is 364 g/mol. The van der Waals surface area contributed by atoms with E-state index in [0.717, 1.165) is 28.3 Å². The van der Waals surface area contributed by atoms with E-state index in [2.05, 4.69) is 34.2 Å². The molecule has 1 atom stereocenters. The second kappa shape index (κ2) is 8.80. The maximum Gasteiger partial charge on any atom is 0.251 e. The molecule has 0 aliphatic heterocycles. The molecule has 0 radical (unpaired) electrons. The first-order valence-corrected chi connectivity index (χ1v) is 8.96. The van der Waals surface area contributed by atoms with Crippen LogP contribution >= 0.6 is 12.4 Å². The zero-order valence-corrected chi connectivity index (χ0v) is 18.1. The van der Waals surface area contributed by atoms with Crippen LogP contribution in [0.3, 0.4) is 0 Å². The molecule has 27 heavy (non-hydrogen) atoms. The maximum absolute atomic E-state index is 12.6. The Labute approximate surface area is 167 Å². The van der Waals surface area contributed by atoms with Gasteiger partial charge in [-0.2, -0.15) is 5.10 Å². The number of aromatic nitrogens is 4. The maximum atomic E-state index is 12.6. The third-order valence-corrected chi connectivity index (χ3v) is 5.06. The van der Waals surface area contributed by atoms with Crippen molar-refractivity contribution < 1.29 is 4.79 Å². The van der Waals surface area contributed by atoms with Crippen molar-refractivity contribution in [2.45, 2.75) is 60.4 Å². The van der Waals surface area contributed by atoms with Gasteiger partial charge in [-0.15, -0.1) is 12.4 Å². The van der Waals surface area contributed by atoms with Crippen LogP contribution < -0.4 is 11.1 Å². The van der Waals surface area contributed by atoms with Crippen molar-refractivity contribution in [2.75, 3.05) is 6.54 Å². The lowest BCUT2D eigenvalue weighted by Gasteiger charge is -2.33. The minimum Gasteiger partial charge on any atom is -0.349 e. The number of hydrogen-bond acceptors (Lipinski definition) is 5. The quantitative estimate of drug-likeness (QED) is 0.783. The van der Waals surface area contributed by atoms with Crippen molar-refractivity contribution in [1.29, 1.82) is 0 Å². The molecule has 0 fully saturated rings. The molecule has 1 unspecified atom stereocenters. The van der Waals surface area contributed by atoms with Gasteiger partial charge in [0, 0.05) is 29.2 Å². The molecule has 7 nitrogen and oxygen atoms in total. The first kappa shape index (κ1) is 23.0. The van der Waals surface area contributed by atoms with Crippen molar-refractivity contribution in [2.24, 2.45) is 11.7 Å². The standard InChI is InChI=1S/C19H30N6O.ClH/c1-11(2)19(7,10-20)23-17(26)9-16-14(5)24-25(15(16)6)18-21-12(3)8-13(4)22-18;/h8,11H,9-10,20H2,1-7H3,(H,23,26);1H. The van der Waals surface area contributed by atoms with Crippen LogP contribution in [0.5, 0.6) is 0 Å². The van der Waals surface area contributed by atoms with Gasteiger partial charge in [0.1, 0.15) is 0 Å². The van der Waals surface area contributed by atoms with E-state index in [1.54, 1.807) is 4.68 Å². The summed E-state index contributed by atoms with van der Waals surface area (Å²) in [4.78, 5) is 21.5. The monoisotopic (exact) mass is 394 g/mol. The Morgan fingerprint density at radius 3 is 2.26 bits per heavy atom. The van der Waals surface area contributed by atoms with E-state index in [0.29, 0.717) is 12.5 Å². The topological polar surface area (TPSA) is 98.7 Å². The van der Waals surface area contributed by atoms with Gasteiger partial charge in [0.2, 0.25) is 5.91 Å². The Balaban J connectivity index is 0.00000364. The molecule has 0 saturated carbocycles. The molecule has 0 bridgehead atoms. The lowest BCUT2D eigenvalue weighted by atomic mass is 9.88. The number of carbonyl (C=O) groups is 1. The number of rotatable bonds is 6. The van der Waals surface area contributed by atoms with Gasteiger partial charge in [0.15, 0.2) is 0 Å². The minimum atomic E-state index is -0.425. The van der Waals surface area contributed by atoms with E-state index in [4.69, 9.17) is 5.73 Å². The summed E-state index contributed by atoms with van der Waals surface area (Å²) in [5.74, 6) is 0.715. The summed E-state index contributed by atoms with van der Waals surface area (Å²) in [6, 6.07) is 1.92. The Bertz CT molecular complexity index is 797. The van der Waals surface area contributed by atoms with Crippen molar-refractivity contribution in [1.82, 2.24) is 25.1 Å². The van der Waals surface area contributed by atoms with Crippen molar-refractivity contribution in [3.63, 3.8) is 0 Å².